The van der Waals surface area contributed by atoms with Crippen LogP contribution in [-0.2, 0) is 16.6 Å². The van der Waals surface area contributed by atoms with Crippen LogP contribution in [0.1, 0.15) is 41.3 Å². The molecule has 0 heterocycles. The van der Waals surface area contributed by atoms with Crippen molar-refractivity contribution in [2.45, 2.75) is 31.3 Å². The van der Waals surface area contributed by atoms with Gasteiger partial charge in [0, 0.05) is 6.07 Å². The summed E-state index contributed by atoms with van der Waals surface area (Å²) in [7, 11) is -2.36. The highest BCUT2D eigenvalue weighted by Gasteiger charge is 2.21. The first-order chi connectivity index (χ1) is 15.2. The third-order valence-electron chi connectivity index (χ3n) is 4.86. The maximum atomic E-state index is 13.2. The van der Waals surface area contributed by atoms with Crippen LogP contribution in [0.5, 0.6) is 11.5 Å². The molecule has 0 aromatic heterocycles. The van der Waals surface area contributed by atoms with Gasteiger partial charge in [-0.25, -0.2) is 13.2 Å². The van der Waals surface area contributed by atoms with Crippen molar-refractivity contribution >= 4 is 21.7 Å². The van der Waals surface area contributed by atoms with Crippen molar-refractivity contribution in [3.05, 3.63) is 83.4 Å². The monoisotopic (exact) mass is 455 g/mol. The minimum Gasteiger partial charge on any atom is -0.497 e. The number of hydrogen-bond acceptors (Lipinski definition) is 5. The van der Waals surface area contributed by atoms with Gasteiger partial charge in [-0.05, 0) is 47.4 Å². The largest absolute Gasteiger partial charge is 0.497 e. The van der Waals surface area contributed by atoms with Gasteiger partial charge in [0.1, 0.15) is 18.1 Å². The number of carboxylic acids is 1. The SMILES string of the molecule is COc1ccc(NS(=O)(=O)c2ccccc2C(C)C)c(OCc2ccc(C(=O)O)cc2)c1. The van der Waals surface area contributed by atoms with E-state index < -0.39 is 16.0 Å². The van der Waals surface area contributed by atoms with Crippen molar-refractivity contribution < 1.29 is 27.8 Å². The first kappa shape index (κ1) is 23.1. The maximum absolute atomic E-state index is 13.2. The van der Waals surface area contributed by atoms with Gasteiger partial charge in [-0.2, -0.15) is 0 Å². The summed E-state index contributed by atoms with van der Waals surface area (Å²) in [5.74, 6) is -0.184. The fraction of sp³-hybridized carbons (Fsp3) is 0.208. The number of methoxy groups -OCH3 is 1. The smallest absolute Gasteiger partial charge is 0.335 e. The summed E-state index contributed by atoms with van der Waals surface area (Å²) >= 11 is 0. The average molecular weight is 456 g/mol. The molecule has 0 saturated heterocycles. The van der Waals surface area contributed by atoms with Gasteiger partial charge in [0.05, 0.1) is 23.3 Å². The summed E-state index contributed by atoms with van der Waals surface area (Å²) in [5.41, 5.74) is 1.89. The molecule has 0 amide bonds. The Labute approximate surface area is 187 Å². The first-order valence-electron chi connectivity index (χ1n) is 9.96. The molecule has 0 unspecified atom stereocenters. The van der Waals surface area contributed by atoms with Crippen LogP contribution in [-0.4, -0.2) is 26.6 Å². The number of hydrogen-bond donors (Lipinski definition) is 2. The van der Waals surface area contributed by atoms with Gasteiger partial charge in [-0.15, -0.1) is 0 Å². The van der Waals surface area contributed by atoms with E-state index in [4.69, 9.17) is 14.6 Å². The Morgan fingerprint density at radius 1 is 1.03 bits per heavy atom. The van der Waals surface area contributed by atoms with Crippen molar-refractivity contribution in [1.29, 1.82) is 0 Å². The molecule has 0 atom stereocenters. The van der Waals surface area contributed by atoms with Crippen molar-refractivity contribution in [2.24, 2.45) is 0 Å². The van der Waals surface area contributed by atoms with E-state index in [1.807, 2.05) is 19.9 Å². The predicted molar refractivity (Wildman–Crippen MR) is 122 cm³/mol. The number of rotatable bonds is 9. The van der Waals surface area contributed by atoms with Crippen LogP contribution in [0.15, 0.2) is 71.6 Å². The van der Waals surface area contributed by atoms with Crippen LogP contribution in [0.4, 0.5) is 5.69 Å². The Bertz CT molecular complexity index is 1200. The fourth-order valence-electron chi connectivity index (χ4n) is 3.14. The molecule has 0 fully saturated rings. The normalized spacial score (nSPS) is 11.2. The Hall–Kier alpha value is -3.52. The van der Waals surface area contributed by atoms with Crippen LogP contribution < -0.4 is 14.2 Å². The van der Waals surface area contributed by atoms with E-state index in [0.717, 1.165) is 11.1 Å². The van der Waals surface area contributed by atoms with E-state index in [-0.39, 0.29) is 34.4 Å². The van der Waals surface area contributed by atoms with E-state index in [1.54, 1.807) is 48.5 Å². The van der Waals surface area contributed by atoms with Crippen LogP contribution in [0.25, 0.3) is 0 Å². The predicted octanol–water partition coefficient (Wildman–Crippen LogP) is 4.90. The second-order valence-electron chi connectivity index (χ2n) is 7.45. The van der Waals surface area contributed by atoms with Crippen molar-refractivity contribution in [3.63, 3.8) is 0 Å². The quantitative estimate of drug-likeness (QED) is 0.476. The molecule has 2 N–H and O–H groups in total. The second-order valence-corrected chi connectivity index (χ2v) is 9.10. The standard InChI is InChI=1S/C24H25NO6S/c1-16(2)20-6-4-5-7-23(20)32(28,29)25-21-13-12-19(30-3)14-22(21)31-15-17-8-10-18(11-9-17)24(26)27/h4-14,16,25H,15H2,1-3H3,(H,26,27). The highest BCUT2D eigenvalue weighted by atomic mass is 32.2. The molecule has 0 radical (unpaired) electrons. The van der Waals surface area contributed by atoms with E-state index >= 15 is 0 Å². The molecular formula is C24H25NO6S. The van der Waals surface area contributed by atoms with E-state index in [2.05, 4.69) is 4.72 Å². The molecule has 3 rings (SSSR count). The van der Waals surface area contributed by atoms with Crippen LogP contribution in [0, 0.1) is 0 Å². The summed E-state index contributed by atoms with van der Waals surface area (Å²) in [5, 5.41) is 9.02. The molecule has 8 heteroatoms. The summed E-state index contributed by atoms with van der Waals surface area (Å²) < 4.78 is 40.1. The molecule has 3 aromatic carbocycles. The minimum atomic E-state index is -3.87. The zero-order valence-electron chi connectivity index (χ0n) is 18.0. The van der Waals surface area contributed by atoms with E-state index in [0.29, 0.717) is 5.75 Å². The van der Waals surface area contributed by atoms with Gasteiger partial charge >= 0.3 is 5.97 Å². The van der Waals surface area contributed by atoms with E-state index in [1.165, 1.54) is 19.2 Å². The maximum Gasteiger partial charge on any atom is 0.335 e. The Morgan fingerprint density at radius 2 is 1.72 bits per heavy atom. The minimum absolute atomic E-state index is 0.0307. The molecule has 0 aliphatic rings. The fourth-order valence-corrected chi connectivity index (χ4v) is 4.58. The van der Waals surface area contributed by atoms with Gasteiger partial charge in [-0.3, -0.25) is 4.72 Å². The molecule has 32 heavy (non-hydrogen) atoms. The lowest BCUT2D eigenvalue weighted by Crippen LogP contribution is -2.16. The Balaban J connectivity index is 1.88. The Morgan fingerprint density at radius 3 is 2.34 bits per heavy atom. The van der Waals surface area contributed by atoms with Gasteiger partial charge < -0.3 is 14.6 Å². The number of carboxylic acid groups (broad SMARTS) is 1. The average Bonchev–Trinajstić information content (AvgIpc) is 2.78. The lowest BCUT2D eigenvalue weighted by Gasteiger charge is -2.17. The van der Waals surface area contributed by atoms with Crippen molar-refractivity contribution in [2.75, 3.05) is 11.8 Å². The summed E-state index contributed by atoms with van der Waals surface area (Å²) in [6.07, 6.45) is 0. The summed E-state index contributed by atoms with van der Waals surface area (Å²) in [6, 6.07) is 17.9. The zero-order valence-corrected chi connectivity index (χ0v) is 18.8. The molecule has 0 aliphatic heterocycles. The zero-order chi connectivity index (χ0) is 23.3. The third-order valence-corrected chi connectivity index (χ3v) is 6.30. The molecule has 7 nitrogen and oxygen atoms in total. The highest BCUT2D eigenvalue weighted by Crippen LogP contribution is 2.33. The summed E-state index contributed by atoms with van der Waals surface area (Å²) in [6.45, 7) is 3.99. The highest BCUT2D eigenvalue weighted by molar-refractivity contribution is 7.92. The lowest BCUT2D eigenvalue weighted by molar-refractivity contribution is 0.0697. The van der Waals surface area contributed by atoms with Crippen LogP contribution in [0.3, 0.4) is 0 Å². The molecule has 0 spiro atoms. The number of aromatic carboxylic acids is 1. The molecule has 0 aliphatic carbocycles. The topological polar surface area (TPSA) is 102 Å². The molecule has 3 aromatic rings. The molecule has 168 valence electrons. The summed E-state index contributed by atoms with van der Waals surface area (Å²) in [4.78, 5) is 11.2. The number of anilines is 1. The number of nitrogens with one attached hydrogen (secondary N) is 1. The van der Waals surface area contributed by atoms with Crippen LogP contribution >= 0.6 is 0 Å². The molecular weight excluding hydrogens is 430 g/mol. The lowest BCUT2D eigenvalue weighted by atomic mass is 10.0. The van der Waals surface area contributed by atoms with E-state index in [9.17, 15) is 13.2 Å². The van der Waals surface area contributed by atoms with Gasteiger partial charge in [0.25, 0.3) is 10.0 Å². The van der Waals surface area contributed by atoms with Gasteiger partial charge in [0.2, 0.25) is 0 Å². The van der Waals surface area contributed by atoms with Gasteiger partial charge in [-0.1, -0.05) is 44.2 Å². The number of benzene rings is 3. The van der Waals surface area contributed by atoms with Crippen molar-refractivity contribution in [3.8, 4) is 11.5 Å². The van der Waals surface area contributed by atoms with Gasteiger partial charge in [0.15, 0.2) is 0 Å². The molecule has 0 saturated carbocycles. The molecule has 0 bridgehead atoms. The van der Waals surface area contributed by atoms with Crippen LogP contribution in [0.2, 0.25) is 0 Å². The number of carbonyl (C=O) groups is 1. The second kappa shape index (κ2) is 9.74. The Kier molecular flexibility index (Phi) is 7.05. The third kappa shape index (κ3) is 5.39. The number of ether oxygens (including phenoxy) is 2. The van der Waals surface area contributed by atoms with Crippen molar-refractivity contribution in [1.82, 2.24) is 0 Å². The number of sulfonamides is 1. The first-order valence-corrected chi connectivity index (χ1v) is 11.4.